The van der Waals surface area contributed by atoms with Gasteiger partial charge >= 0.3 is 6.03 Å². The van der Waals surface area contributed by atoms with Crippen molar-refractivity contribution in [2.24, 2.45) is 5.92 Å². The number of hydrogen-bond acceptors (Lipinski definition) is 3. The average Bonchev–Trinajstić information content (AvgIpc) is 3.05. The van der Waals surface area contributed by atoms with Crippen LogP contribution < -0.4 is 5.32 Å². The normalized spacial score (nSPS) is 27.3. The molecule has 3 rings (SSSR count). The number of thiophene rings is 1. The van der Waals surface area contributed by atoms with Gasteiger partial charge in [-0.1, -0.05) is 13.0 Å². The van der Waals surface area contributed by atoms with Crippen molar-refractivity contribution in [3.63, 3.8) is 0 Å². The van der Waals surface area contributed by atoms with E-state index in [9.17, 15) is 4.79 Å². The molecule has 0 aliphatic carbocycles. The first-order valence-electron chi connectivity index (χ1n) is 8.48. The number of hydrogen-bond donors (Lipinski definition) is 1. The first kappa shape index (κ1) is 15.8. The van der Waals surface area contributed by atoms with Crippen molar-refractivity contribution in [2.75, 3.05) is 26.7 Å². The van der Waals surface area contributed by atoms with E-state index < -0.39 is 0 Å². The molecule has 2 aliphatic heterocycles. The lowest BCUT2D eigenvalue weighted by atomic mass is 9.84. The van der Waals surface area contributed by atoms with Gasteiger partial charge in [0.15, 0.2) is 0 Å². The number of piperidine rings is 2. The van der Waals surface area contributed by atoms with E-state index in [4.69, 9.17) is 0 Å². The highest BCUT2D eigenvalue weighted by atomic mass is 32.1. The van der Waals surface area contributed by atoms with Crippen LogP contribution in [0.15, 0.2) is 17.5 Å². The van der Waals surface area contributed by atoms with E-state index in [1.54, 1.807) is 11.3 Å². The van der Waals surface area contributed by atoms with Crippen LogP contribution in [0.25, 0.3) is 0 Å². The van der Waals surface area contributed by atoms with Crippen LogP contribution in [0.5, 0.6) is 0 Å². The van der Waals surface area contributed by atoms with E-state index in [0.717, 1.165) is 38.9 Å². The molecule has 3 unspecified atom stereocenters. The van der Waals surface area contributed by atoms with Crippen molar-refractivity contribution >= 4 is 17.4 Å². The Balaban J connectivity index is 1.66. The average molecular weight is 321 g/mol. The van der Waals surface area contributed by atoms with Gasteiger partial charge in [-0.05, 0) is 56.6 Å². The Morgan fingerprint density at radius 1 is 1.45 bits per heavy atom. The van der Waals surface area contributed by atoms with Gasteiger partial charge in [0.1, 0.15) is 0 Å². The van der Waals surface area contributed by atoms with E-state index in [1.165, 1.54) is 11.3 Å². The topological polar surface area (TPSA) is 35.6 Å². The minimum atomic E-state index is 0.138. The third-order valence-electron chi connectivity index (χ3n) is 5.12. The number of rotatable bonds is 3. The fraction of sp³-hybridized carbons (Fsp3) is 0.706. The molecule has 22 heavy (non-hydrogen) atoms. The van der Waals surface area contributed by atoms with Crippen molar-refractivity contribution in [2.45, 2.75) is 44.7 Å². The summed E-state index contributed by atoms with van der Waals surface area (Å²) in [6, 6.07) is 4.90. The van der Waals surface area contributed by atoms with Crippen LogP contribution in [-0.4, -0.2) is 48.6 Å². The maximum atomic E-state index is 12.8. The van der Waals surface area contributed by atoms with Gasteiger partial charge in [-0.15, -0.1) is 11.3 Å². The Bertz CT molecular complexity index is 490. The highest BCUT2D eigenvalue weighted by Gasteiger charge is 2.37. The molecule has 2 aliphatic rings. The molecule has 2 amide bonds. The third-order valence-corrected chi connectivity index (χ3v) is 6.11. The van der Waals surface area contributed by atoms with Crippen LogP contribution in [-0.2, 0) is 0 Å². The second-order valence-corrected chi connectivity index (χ2v) is 7.62. The molecule has 0 bridgehead atoms. The highest BCUT2D eigenvalue weighted by Crippen LogP contribution is 2.31. The van der Waals surface area contributed by atoms with Crippen LogP contribution in [0.4, 0.5) is 4.79 Å². The Labute approximate surface area is 137 Å². The van der Waals surface area contributed by atoms with Gasteiger partial charge in [0.25, 0.3) is 0 Å². The molecule has 0 aromatic carbocycles. The summed E-state index contributed by atoms with van der Waals surface area (Å²) >= 11 is 1.73. The Morgan fingerprint density at radius 3 is 3.05 bits per heavy atom. The molecule has 4 nitrogen and oxygen atoms in total. The number of nitrogens with zero attached hydrogens (tertiary/aromatic N) is 2. The van der Waals surface area contributed by atoms with Crippen LogP contribution in [0.3, 0.4) is 0 Å². The monoisotopic (exact) mass is 321 g/mol. The van der Waals surface area contributed by atoms with Gasteiger partial charge in [0, 0.05) is 24.0 Å². The molecule has 1 aromatic rings. The number of carbonyl (C=O) groups excluding carboxylic acids is 1. The Hall–Kier alpha value is -1.07. The number of nitrogens with one attached hydrogen (secondary N) is 1. The van der Waals surface area contributed by atoms with Crippen molar-refractivity contribution in [1.82, 2.24) is 15.1 Å². The molecule has 3 heterocycles. The summed E-state index contributed by atoms with van der Waals surface area (Å²) in [4.78, 5) is 18.6. The molecule has 2 saturated heterocycles. The molecular weight excluding hydrogens is 294 g/mol. The molecule has 0 saturated carbocycles. The molecule has 3 atom stereocenters. The smallest absolute Gasteiger partial charge is 0.318 e. The maximum absolute atomic E-state index is 12.8. The minimum absolute atomic E-state index is 0.138. The van der Waals surface area contributed by atoms with Crippen molar-refractivity contribution in [1.29, 1.82) is 0 Å². The molecule has 1 N–H and O–H groups in total. The second kappa shape index (κ2) is 7.01. The first-order chi connectivity index (χ1) is 10.7. The summed E-state index contributed by atoms with van der Waals surface area (Å²) in [5.41, 5.74) is 0. The predicted molar refractivity (Wildman–Crippen MR) is 91.2 cm³/mol. The van der Waals surface area contributed by atoms with E-state index in [1.807, 2.05) is 0 Å². The van der Waals surface area contributed by atoms with Crippen LogP contribution >= 0.6 is 11.3 Å². The standard InChI is InChI=1S/C17H27N3OS/c1-3-14(16-7-5-11-22-16)18-17(21)20-9-4-6-13-12-19(2)10-8-15(13)20/h5,7,11,13-15H,3-4,6,8-10,12H2,1-2H3,(H,18,21). The highest BCUT2D eigenvalue weighted by molar-refractivity contribution is 7.10. The molecule has 122 valence electrons. The number of carbonyl (C=O) groups is 1. The van der Waals surface area contributed by atoms with Gasteiger partial charge in [-0.3, -0.25) is 0 Å². The van der Waals surface area contributed by atoms with E-state index >= 15 is 0 Å². The zero-order valence-corrected chi connectivity index (χ0v) is 14.4. The summed E-state index contributed by atoms with van der Waals surface area (Å²) in [7, 11) is 2.19. The largest absolute Gasteiger partial charge is 0.330 e. The number of likely N-dealkylation sites (tertiary alicyclic amines) is 2. The fourth-order valence-electron chi connectivity index (χ4n) is 3.93. The molecule has 0 spiro atoms. The van der Waals surface area contributed by atoms with Crippen molar-refractivity contribution in [3.05, 3.63) is 22.4 Å². The number of amides is 2. The second-order valence-electron chi connectivity index (χ2n) is 6.64. The van der Waals surface area contributed by atoms with Crippen LogP contribution in [0, 0.1) is 5.92 Å². The molecule has 2 fully saturated rings. The van der Waals surface area contributed by atoms with Crippen LogP contribution in [0.1, 0.15) is 43.5 Å². The summed E-state index contributed by atoms with van der Waals surface area (Å²) in [5, 5.41) is 5.35. The van der Waals surface area contributed by atoms with Gasteiger partial charge < -0.3 is 15.1 Å². The lowest BCUT2D eigenvalue weighted by Gasteiger charge is -2.46. The summed E-state index contributed by atoms with van der Waals surface area (Å²) < 4.78 is 0. The maximum Gasteiger partial charge on any atom is 0.318 e. The van der Waals surface area contributed by atoms with Crippen LogP contribution in [0.2, 0.25) is 0 Å². The predicted octanol–water partition coefficient (Wildman–Crippen LogP) is 3.32. The first-order valence-corrected chi connectivity index (χ1v) is 9.36. The summed E-state index contributed by atoms with van der Waals surface area (Å²) in [6.07, 6.45) is 4.46. The SMILES string of the molecule is CCC(NC(=O)N1CCCC2CN(C)CCC21)c1cccs1. The lowest BCUT2D eigenvalue weighted by molar-refractivity contribution is 0.0523. The Morgan fingerprint density at radius 2 is 2.32 bits per heavy atom. The zero-order chi connectivity index (χ0) is 15.5. The summed E-state index contributed by atoms with van der Waals surface area (Å²) in [6.45, 7) is 5.29. The minimum Gasteiger partial charge on any atom is -0.330 e. The van der Waals surface area contributed by atoms with E-state index in [2.05, 4.69) is 46.6 Å². The zero-order valence-electron chi connectivity index (χ0n) is 13.6. The lowest BCUT2D eigenvalue weighted by Crippen LogP contribution is -2.57. The van der Waals surface area contributed by atoms with E-state index in [0.29, 0.717) is 12.0 Å². The molecular formula is C17H27N3OS. The Kier molecular flexibility index (Phi) is 5.03. The number of urea groups is 1. The molecule has 1 aromatic heterocycles. The van der Waals surface area contributed by atoms with Gasteiger partial charge in [0.2, 0.25) is 0 Å². The third kappa shape index (κ3) is 3.30. The molecule has 5 heteroatoms. The number of fused-ring (bicyclic) bond motifs is 1. The van der Waals surface area contributed by atoms with Gasteiger partial charge in [-0.2, -0.15) is 0 Å². The fourth-order valence-corrected chi connectivity index (χ4v) is 4.79. The van der Waals surface area contributed by atoms with E-state index in [-0.39, 0.29) is 12.1 Å². The van der Waals surface area contributed by atoms with Crippen molar-refractivity contribution in [3.8, 4) is 0 Å². The van der Waals surface area contributed by atoms with Crippen molar-refractivity contribution < 1.29 is 4.79 Å². The van der Waals surface area contributed by atoms with Gasteiger partial charge in [-0.25, -0.2) is 4.79 Å². The quantitative estimate of drug-likeness (QED) is 0.927. The van der Waals surface area contributed by atoms with Gasteiger partial charge in [0.05, 0.1) is 6.04 Å². The molecule has 0 radical (unpaired) electrons. The summed E-state index contributed by atoms with van der Waals surface area (Å²) in [5.74, 6) is 0.653.